The van der Waals surface area contributed by atoms with Gasteiger partial charge in [0.1, 0.15) is 42.4 Å². The second-order valence-electron chi connectivity index (χ2n) is 4.41. The molecule has 0 saturated heterocycles. The van der Waals surface area contributed by atoms with Crippen molar-refractivity contribution >= 4 is 0 Å². The van der Waals surface area contributed by atoms with E-state index in [1.54, 1.807) is 31.4 Å². The second-order valence-corrected chi connectivity index (χ2v) is 4.41. The number of methoxy groups -OCH3 is 1. The lowest BCUT2D eigenvalue weighted by atomic mass is 10.3. The first-order chi connectivity index (χ1) is 10.2. The Balaban J connectivity index is 1.73. The number of benzene rings is 2. The molecule has 0 heterocycles. The fourth-order valence-corrected chi connectivity index (χ4v) is 1.64. The number of hydrogen-bond acceptors (Lipinski definition) is 4. The Morgan fingerprint density at radius 3 is 1.76 bits per heavy atom. The molecule has 0 aliphatic heterocycles. The summed E-state index contributed by atoms with van der Waals surface area (Å²) in [5.41, 5.74) is 0. The lowest BCUT2D eigenvalue weighted by Gasteiger charge is -2.13. The van der Waals surface area contributed by atoms with Gasteiger partial charge in [-0.15, -0.1) is 0 Å². The van der Waals surface area contributed by atoms with Crippen LogP contribution in [0.2, 0.25) is 0 Å². The van der Waals surface area contributed by atoms with Gasteiger partial charge in [-0.3, -0.25) is 0 Å². The van der Waals surface area contributed by atoms with Gasteiger partial charge in [0.05, 0.1) is 7.11 Å². The highest BCUT2D eigenvalue weighted by molar-refractivity contribution is 5.31. The van der Waals surface area contributed by atoms with Crippen molar-refractivity contribution in [2.24, 2.45) is 0 Å². The molecule has 4 nitrogen and oxygen atoms in total. The minimum atomic E-state index is -0.780. The highest BCUT2D eigenvalue weighted by atomic mass is 19.1. The number of halogens is 1. The summed E-state index contributed by atoms with van der Waals surface area (Å²) in [4.78, 5) is 0. The van der Waals surface area contributed by atoms with Gasteiger partial charge < -0.3 is 19.3 Å². The molecular weight excluding hydrogens is 275 g/mol. The predicted octanol–water partition coefficient (Wildman–Crippen LogP) is 2.65. The zero-order valence-corrected chi connectivity index (χ0v) is 11.7. The minimum Gasteiger partial charge on any atom is -0.497 e. The molecule has 2 aromatic carbocycles. The van der Waals surface area contributed by atoms with Crippen LogP contribution in [0.4, 0.5) is 4.39 Å². The van der Waals surface area contributed by atoms with E-state index in [1.807, 2.05) is 0 Å². The van der Waals surface area contributed by atoms with Crippen LogP contribution in [0, 0.1) is 5.82 Å². The van der Waals surface area contributed by atoms with Crippen molar-refractivity contribution < 1.29 is 23.7 Å². The molecule has 2 aromatic rings. The summed E-state index contributed by atoms with van der Waals surface area (Å²) in [6.07, 6.45) is -0.780. The maximum absolute atomic E-state index is 12.7. The van der Waals surface area contributed by atoms with Gasteiger partial charge in [-0.25, -0.2) is 4.39 Å². The average molecular weight is 292 g/mol. The first-order valence-corrected chi connectivity index (χ1v) is 6.50. The number of hydrogen-bond donors (Lipinski definition) is 1. The molecule has 2 rings (SSSR count). The smallest absolute Gasteiger partial charge is 0.123 e. The van der Waals surface area contributed by atoms with Crippen molar-refractivity contribution in [2.45, 2.75) is 6.10 Å². The van der Waals surface area contributed by atoms with Gasteiger partial charge in [-0.05, 0) is 48.5 Å². The van der Waals surface area contributed by atoms with Crippen LogP contribution in [-0.4, -0.2) is 31.5 Å². The fourth-order valence-electron chi connectivity index (χ4n) is 1.64. The van der Waals surface area contributed by atoms with Gasteiger partial charge in [-0.2, -0.15) is 0 Å². The Kier molecular flexibility index (Phi) is 5.40. The van der Waals surface area contributed by atoms with E-state index in [4.69, 9.17) is 14.2 Å². The van der Waals surface area contributed by atoms with Crippen LogP contribution in [0.5, 0.6) is 17.2 Å². The van der Waals surface area contributed by atoms with Gasteiger partial charge in [0.15, 0.2) is 0 Å². The first kappa shape index (κ1) is 15.1. The Morgan fingerprint density at radius 2 is 1.29 bits per heavy atom. The third kappa shape index (κ3) is 4.96. The average Bonchev–Trinajstić information content (AvgIpc) is 2.53. The minimum absolute atomic E-state index is 0.0712. The van der Waals surface area contributed by atoms with E-state index in [1.165, 1.54) is 24.3 Å². The summed E-state index contributed by atoms with van der Waals surface area (Å²) in [5.74, 6) is 1.55. The zero-order chi connectivity index (χ0) is 15.1. The van der Waals surface area contributed by atoms with Gasteiger partial charge in [0.25, 0.3) is 0 Å². The summed E-state index contributed by atoms with van der Waals surface area (Å²) in [7, 11) is 1.59. The molecule has 5 heteroatoms. The summed E-state index contributed by atoms with van der Waals surface area (Å²) in [5, 5.41) is 9.78. The Labute approximate surface area is 122 Å². The van der Waals surface area contributed by atoms with Crippen molar-refractivity contribution in [3.63, 3.8) is 0 Å². The largest absolute Gasteiger partial charge is 0.497 e. The standard InChI is InChI=1S/C16H17FO4/c1-19-14-6-8-16(9-7-14)21-11-13(18)10-20-15-4-2-12(17)3-5-15/h2-9,13,18H,10-11H2,1H3. The molecule has 0 aromatic heterocycles. The van der Waals surface area contributed by atoms with E-state index in [9.17, 15) is 9.50 Å². The monoisotopic (exact) mass is 292 g/mol. The van der Waals surface area contributed by atoms with Crippen LogP contribution >= 0.6 is 0 Å². The maximum atomic E-state index is 12.7. The number of ether oxygens (including phenoxy) is 3. The number of aliphatic hydroxyl groups excluding tert-OH is 1. The van der Waals surface area contributed by atoms with Crippen LogP contribution < -0.4 is 14.2 Å². The molecule has 0 spiro atoms. The summed E-state index contributed by atoms with van der Waals surface area (Å²) < 4.78 is 28.5. The molecular formula is C16H17FO4. The summed E-state index contributed by atoms with van der Waals surface area (Å²) >= 11 is 0. The van der Waals surface area contributed by atoms with Crippen LogP contribution in [0.3, 0.4) is 0 Å². The summed E-state index contributed by atoms with van der Waals surface area (Å²) in [6.45, 7) is 0.176. The third-order valence-corrected chi connectivity index (χ3v) is 2.76. The molecule has 112 valence electrons. The molecule has 1 atom stereocenters. The van der Waals surface area contributed by atoms with Gasteiger partial charge >= 0.3 is 0 Å². The summed E-state index contributed by atoms with van der Waals surface area (Å²) in [6, 6.07) is 12.7. The van der Waals surface area contributed by atoms with Crippen molar-refractivity contribution in [1.29, 1.82) is 0 Å². The van der Waals surface area contributed by atoms with Gasteiger partial charge in [0, 0.05) is 0 Å². The highest BCUT2D eigenvalue weighted by Crippen LogP contribution is 2.17. The quantitative estimate of drug-likeness (QED) is 0.852. The van der Waals surface area contributed by atoms with E-state index >= 15 is 0 Å². The fraction of sp³-hybridized carbons (Fsp3) is 0.250. The topological polar surface area (TPSA) is 47.9 Å². The van der Waals surface area contributed by atoms with E-state index in [2.05, 4.69) is 0 Å². The first-order valence-electron chi connectivity index (χ1n) is 6.50. The maximum Gasteiger partial charge on any atom is 0.123 e. The van der Waals surface area contributed by atoms with Crippen molar-refractivity contribution in [2.75, 3.05) is 20.3 Å². The van der Waals surface area contributed by atoms with Crippen molar-refractivity contribution in [1.82, 2.24) is 0 Å². The van der Waals surface area contributed by atoms with Crippen LogP contribution in [0.25, 0.3) is 0 Å². The van der Waals surface area contributed by atoms with E-state index in [-0.39, 0.29) is 19.0 Å². The molecule has 1 N–H and O–H groups in total. The molecule has 0 aliphatic rings. The lowest BCUT2D eigenvalue weighted by molar-refractivity contribution is 0.0626. The lowest BCUT2D eigenvalue weighted by Crippen LogP contribution is -2.25. The molecule has 0 saturated carbocycles. The molecule has 21 heavy (non-hydrogen) atoms. The van der Waals surface area contributed by atoms with E-state index in [0.717, 1.165) is 5.75 Å². The van der Waals surface area contributed by atoms with Crippen LogP contribution in [0.1, 0.15) is 0 Å². The highest BCUT2D eigenvalue weighted by Gasteiger charge is 2.07. The van der Waals surface area contributed by atoms with Gasteiger partial charge in [-0.1, -0.05) is 0 Å². The van der Waals surface area contributed by atoms with E-state index in [0.29, 0.717) is 11.5 Å². The molecule has 1 unspecified atom stereocenters. The molecule has 0 radical (unpaired) electrons. The third-order valence-electron chi connectivity index (χ3n) is 2.76. The molecule has 0 amide bonds. The number of rotatable bonds is 7. The Morgan fingerprint density at radius 1 is 0.857 bits per heavy atom. The van der Waals surface area contributed by atoms with Crippen molar-refractivity contribution in [3.8, 4) is 17.2 Å². The molecule has 0 bridgehead atoms. The predicted molar refractivity (Wildman–Crippen MR) is 76.4 cm³/mol. The van der Waals surface area contributed by atoms with Crippen LogP contribution in [-0.2, 0) is 0 Å². The second kappa shape index (κ2) is 7.50. The van der Waals surface area contributed by atoms with Crippen LogP contribution in [0.15, 0.2) is 48.5 Å². The van der Waals surface area contributed by atoms with Gasteiger partial charge in [0.2, 0.25) is 0 Å². The van der Waals surface area contributed by atoms with Crippen molar-refractivity contribution in [3.05, 3.63) is 54.3 Å². The molecule has 0 fully saturated rings. The molecule has 0 aliphatic carbocycles. The normalized spacial score (nSPS) is 11.8. The number of aliphatic hydroxyl groups is 1. The Bertz CT molecular complexity index is 539. The van der Waals surface area contributed by atoms with E-state index < -0.39 is 6.10 Å². The SMILES string of the molecule is COc1ccc(OCC(O)COc2ccc(F)cc2)cc1. The zero-order valence-electron chi connectivity index (χ0n) is 11.7. The Hall–Kier alpha value is -2.27.